The van der Waals surface area contributed by atoms with Crippen LogP contribution in [0.1, 0.15) is 54.6 Å². The van der Waals surface area contributed by atoms with Crippen molar-refractivity contribution in [2.75, 3.05) is 13.1 Å². The Bertz CT molecular complexity index is 1430. The van der Waals surface area contributed by atoms with Gasteiger partial charge in [0.2, 0.25) is 0 Å². The Morgan fingerprint density at radius 1 is 1.14 bits per heavy atom. The van der Waals surface area contributed by atoms with E-state index < -0.39 is 11.6 Å². The number of pyridine rings is 1. The van der Waals surface area contributed by atoms with Crippen molar-refractivity contribution in [3.05, 3.63) is 65.2 Å². The number of halogens is 2. The molecule has 1 saturated heterocycles. The second-order valence-corrected chi connectivity index (χ2v) is 9.49. The van der Waals surface area contributed by atoms with Gasteiger partial charge in [-0.3, -0.25) is 4.79 Å². The van der Waals surface area contributed by atoms with E-state index in [9.17, 15) is 13.6 Å². The number of likely N-dealkylation sites (tertiary alicyclic amines) is 1. The molecule has 4 aromatic rings. The lowest BCUT2D eigenvalue weighted by Crippen LogP contribution is -2.42. The molecular weight excluding hydrogens is 466 g/mol. The number of hydrogen-bond acceptors (Lipinski definition) is 5. The molecule has 0 unspecified atom stereocenters. The van der Waals surface area contributed by atoms with E-state index in [0.717, 1.165) is 23.2 Å². The summed E-state index contributed by atoms with van der Waals surface area (Å²) in [5.41, 5.74) is 2.68. The molecule has 188 valence electrons. The number of furan rings is 1. The van der Waals surface area contributed by atoms with Gasteiger partial charge in [-0.1, -0.05) is 0 Å². The maximum Gasteiger partial charge on any atom is 0.254 e. The van der Waals surface area contributed by atoms with E-state index >= 15 is 0 Å². The molecular formula is C27H28F2N4O3. The fraction of sp³-hybridized carbons (Fsp3) is 0.370. The lowest BCUT2D eigenvalue weighted by Gasteiger charge is -2.32. The highest BCUT2D eigenvalue weighted by atomic mass is 19.1. The summed E-state index contributed by atoms with van der Waals surface area (Å²) in [5, 5.41) is 5.19. The van der Waals surface area contributed by atoms with E-state index in [1.807, 2.05) is 44.5 Å². The first-order valence-corrected chi connectivity index (χ1v) is 12.1. The molecule has 3 aromatic heterocycles. The Morgan fingerprint density at radius 3 is 2.53 bits per heavy atom. The molecule has 1 aliphatic heterocycles. The van der Waals surface area contributed by atoms with Gasteiger partial charge in [0.05, 0.1) is 22.8 Å². The second kappa shape index (κ2) is 9.37. The molecule has 0 aliphatic carbocycles. The quantitative estimate of drug-likeness (QED) is 0.348. The Kier molecular flexibility index (Phi) is 6.24. The molecule has 0 bridgehead atoms. The lowest BCUT2D eigenvalue weighted by atomic mass is 10.0. The number of carbonyl (C=O) groups is 1. The van der Waals surface area contributed by atoms with Gasteiger partial charge in [0, 0.05) is 43.6 Å². The molecule has 0 atom stereocenters. The third-order valence-corrected chi connectivity index (χ3v) is 6.52. The fourth-order valence-corrected chi connectivity index (χ4v) is 4.69. The van der Waals surface area contributed by atoms with Crippen LogP contribution < -0.4 is 4.74 Å². The molecule has 1 amide bonds. The maximum absolute atomic E-state index is 14.0. The minimum atomic E-state index is -0.729. The minimum Gasteiger partial charge on any atom is -0.487 e. The number of benzene rings is 1. The zero-order valence-corrected chi connectivity index (χ0v) is 20.7. The Hall–Kier alpha value is -3.75. The van der Waals surface area contributed by atoms with Crippen molar-refractivity contribution in [2.45, 2.75) is 52.7 Å². The molecule has 1 aliphatic rings. The highest BCUT2D eigenvalue weighted by Gasteiger charge is 2.28. The van der Waals surface area contributed by atoms with Gasteiger partial charge in [0.1, 0.15) is 23.4 Å². The van der Waals surface area contributed by atoms with Gasteiger partial charge in [-0.25, -0.2) is 18.4 Å². The van der Waals surface area contributed by atoms with Gasteiger partial charge in [-0.15, -0.1) is 0 Å². The number of aryl methyl sites for hydroxylation is 2. The second-order valence-electron chi connectivity index (χ2n) is 9.49. The molecule has 0 spiro atoms. The van der Waals surface area contributed by atoms with Crippen molar-refractivity contribution in [1.82, 2.24) is 19.7 Å². The molecule has 1 fully saturated rings. The number of nitrogens with zero attached hydrogens (tertiary/aromatic N) is 4. The average molecular weight is 495 g/mol. The van der Waals surface area contributed by atoms with E-state index in [4.69, 9.17) is 14.1 Å². The van der Waals surface area contributed by atoms with Gasteiger partial charge in [-0.2, -0.15) is 5.10 Å². The van der Waals surface area contributed by atoms with Crippen LogP contribution in [0, 0.1) is 25.5 Å². The van der Waals surface area contributed by atoms with Crippen LogP contribution in [0.4, 0.5) is 8.78 Å². The van der Waals surface area contributed by atoms with Crippen molar-refractivity contribution in [2.24, 2.45) is 0 Å². The van der Waals surface area contributed by atoms with E-state index in [1.165, 1.54) is 12.1 Å². The number of aromatic nitrogens is 3. The third-order valence-electron chi connectivity index (χ3n) is 6.52. The largest absolute Gasteiger partial charge is 0.487 e. The summed E-state index contributed by atoms with van der Waals surface area (Å²) in [6.07, 6.45) is 2.51. The molecule has 0 radical (unpaired) electrons. The summed E-state index contributed by atoms with van der Waals surface area (Å²) in [4.78, 5) is 20.3. The zero-order valence-electron chi connectivity index (χ0n) is 20.7. The molecule has 36 heavy (non-hydrogen) atoms. The highest BCUT2D eigenvalue weighted by molar-refractivity contribution is 6.06. The fourth-order valence-electron chi connectivity index (χ4n) is 4.69. The van der Waals surface area contributed by atoms with Crippen molar-refractivity contribution in [3.8, 4) is 17.0 Å². The summed E-state index contributed by atoms with van der Waals surface area (Å²) < 4.78 is 40.5. The van der Waals surface area contributed by atoms with Crippen molar-refractivity contribution < 1.29 is 22.7 Å². The Morgan fingerprint density at radius 2 is 1.89 bits per heavy atom. The van der Waals surface area contributed by atoms with Gasteiger partial charge >= 0.3 is 0 Å². The van der Waals surface area contributed by atoms with Crippen LogP contribution in [0.15, 0.2) is 40.9 Å². The zero-order chi connectivity index (χ0) is 25.6. The van der Waals surface area contributed by atoms with Crippen molar-refractivity contribution in [3.63, 3.8) is 0 Å². The molecule has 9 heteroatoms. The first-order valence-electron chi connectivity index (χ1n) is 12.1. The number of ether oxygens (including phenoxy) is 1. The number of piperidine rings is 1. The van der Waals surface area contributed by atoms with Crippen molar-refractivity contribution in [1.29, 1.82) is 0 Å². The third kappa shape index (κ3) is 4.45. The normalized spacial score (nSPS) is 14.7. The highest BCUT2D eigenvalue weighted by Crippen LogP contribution is 2.31. The predicted octanol–water partition coefficient (Wildman–Crippen LogP) is 5.85. The molecule has 4 heterocycles. The first kappa shape index (κ1) is 24.0. The predicted molar refractivity (Wildman–Crippen MR) is 131 cm³/mol. The number of amides is 1. The SMILES string of the molecule is Cc1cc(-c2cc(C(=O)N3CCC(Oc4ccc(F)cc4F)CC3)c3cnn(C(C)C)c3n2)c(C)o1. The van der Waals surface area contributed by atoms with Crippen LogP contribution in [-0.2, 0) is 0 Å². The van der Waals surface area contributed by atoms with Crippen LogP contribution >= 0.6 is 0 Å². The number of hydrogen-bond donors (Lipinski definition) is 0. The maximum atomic E-state index is 14.0. The monoisotopic (exact) mass is 494 g/mol. The standard InChI is InChI=1S/C27H28F2N4O3/c1-15(2)33-26-22(14-30-33)21(13-24(31-26)20-11-16(3)35-17(20)4)27(34)32-9-7-19(8-10-32)36-25-6-5-18(28)12-23(25)29/h5-6,11-15,19H,7-10H2,1-4H3. The molecule has 7 nitrogen and oxygen atoms in total. The molecule has 0 N–H and O–H groups in total. The summed E-state index contributed by atoms with van der Waals surface area (Å²) in [5.74, 6) is 0.0375. The van der Waals surface area contributed by atoms with Gasteiger partial charge in [0.25, 0.3) is 5.91 Å². The van der Waals surface area contributed by atoms with Crippen molar-refractivity contribution >= 4 is 16.9 Å². The Labute approximate surface area is 207 Å². The van der Waals surface area contributed by atoms with Gasteiger partial charge < -0.3 is 14.1 Å². The smallest absolute Gasteiger partial charge is 0.254 e. The number of rotatable bonds is 5. The topological polar surface area (TPSA) is 73.4 Å². The van der Waals surface area contributed by atoms with E-state index in [-0.39, 0.29) is 23.8 Å². The summed E-state index contributed by atoms with van der Waals surface area (Å²) in [6.45, 7) is 8.70. The number of fused-ring (bicyclic) bond motifs is 1. The summed E-state index contributed by atoms with van der Waals surface area (Å²) >= 11 is 0. The van der Waals surface area contributed by atoms with Crippen LogP contribution in [0.25, 0.3) is 22.3 Å². The van der Waals surface area contributed by atoms with Gasteiger partial charge in [0.15, 0.2) is 17.2 Å². The summed E-state index contributed by atoms with van der Waals surface area (Å²) in [7, 11) is 0. The van der Waals surface area contributed by atoms with E-state index in [0.29, 0.717) is 48.2 Å². The molecule has 5 rings (SSSR count). The Balaban J connectivity index is 1.42. The molecule has 0 saturated carbocycles. The van der Waals surface area contributed by atoms with Crippen LogP contribution in [0.2, 0.25) is 0 Å². The van der Waals surface area contributed by atoms with Crippen LogP contribution in [0.3, 0.4) is 0 Å². The first-order chi connectivity index (χ1) is 17.2. The van der Waals surface area contributed by atoms with Gasteiger partial charge in [-0.05, 0) is 52.0 Å². The minimum absolute atomic E-state index is 0.0218. The van der Waals surface area contributed by atoms with Crippen LogP contribution in [0.5, 0.6) is 5.75 Å². The summed E-state index contributed by atoms with van der Waals surface area (Å²) in [6, 6.07) is 7.07. The van der Waals surface area contributed by atoms with E-state index in [1.54, 1.807) is 11.1 Å². The molecule has 1 aromatic carbocycles. The van der Waals surface area contributed by atoms with Crippen LogP contribution in [-0.4, -0.2) is 44.8 Å². The lowest BCUT2D eigenvalue weighted by molar-refractivity contribution is 0.0590. The average Bonchev–Trinajstić information content (AvgIpc) is 3.42. The van der Waals surface area contributed by atoms with E-state index in [2.05, 4.69) is 5.10 Å². The number of carbonyl (C=O) groups excluding carboxylic acids is 1.